The summed E-state index contributed by atoms with van der Waals surface area (Å²) in [4.78, 5) is 23.1. The first-order valence-electron chi connectivity index (χ1n) is 5.79. The molecule has 0 saturated heterocycles. The van der Waals surface area contributed by atoms with Gasteiger partial charge in [-0.15, -0.1) is 0 Å². The second kappa shape index (κ2) is 5.47. The maximum absolute atomic E-state index is 11.7. The Bertz CT molecular complexity index is 545. The maximum Gasteiger partial charge on any atom is 0.249 e. The molecular weight excluding hydrogens is 248 g/mol. The van der Waals surface area contributed by atoms with Gasteiger partial charge in [-0.25, -0.2) is 10.9 Å². The number of hydrogen-bond donors (Lipinski definition) is 2. The van der Waals surface area contributed by atoms with E-state index in [1.807, 2.05) is 0 Å². The number of rotatable bonds is 4. The fraction of sp³-hybridized carbons (Fsp3) is 0.333. The minimum absolute atomic E-state index is 0.0239. The summed E-state index contributed by atoms with van der Waals surface area (Å²) in [5, 5.41) is 7.68. The number of carbonyl (C=O) groups excluding carboxylic acids is 2. The van der Waals surface area contributed by atoms with Crippen molar-refractivity contribution in [3.05, 3.63) is 24.2 Å². The molecule has 0 aliphatic carbocycles. The van der Waals surface area contributed by atoms with E-state index in [9.17, 15) is 9.59 Å². The van der Waals surface area contributed by atoms with Crippen LogP contribution in [0.2, 0.25) is 0 Å². The smallest absolute Gasteiger partial charge is 0.249 e. The Morgan fingerprint density at radius 3 is 3.00 bits per heavy atom. The molecule has 1 aliphatic rings. The molecule has 2 N–H and O–H groups in total. The van der Waals surface area contributed by atoms with Crippen LogP contribution in [0.5, 0.6) is 0 Å². The van der Waals surface area contributed by atoms with E-state index in [1.54, 1.807) is 26.0 Å². The molecular formula is C12H14N4O3. The highest BCUT2D eigenvalue weighted by Gasteiger charge is 2.29. The lowest BCUT2D eigenvalue weighted by molar-refractivity contribution is -0.127. The van der Waals surface area contributed by atoms with E-state index in [0.29, 0.717) is 17.2 Å². The van der Waals surface area contributed by atoms with Gasteiger partial charge in [0.1, 0.15) is 11.5 Å². The van der Waals surface area contributed by atoms with Gasteiger partial charge >= 0.3 is 0 Å². The monoisotopic (exact) mass is 262 g/mol. The molecule has 19 heavy (non-hydrogen) atoms. The summed E-state index contributed by atoms with van der Waals surface area (Å²) in [6, 6.07) is 3.48. The van der Waals surface area contributed by atoms with E-state index >= 15 is 0 Å². The number of carbonyl (C=O) groups is 2. The molecule has 1 aromatic rings. The summed E-state index contributed by atoms with van der Waals surface area (Å²) in [6.07, 6.45) is 1.55. The molecule has 0 bridgehead atoms. The third kappa shape index (κ3) is 3.06. The molecule has 0 unspecified atom stereocenters. The summed E-state index contributed by atoms with van der Waals surface area (Å²) in [6.45, 7) is 3.42. The largest absolute Gasteiger partial charge is 0.463 e. The molecule has 7 nitrogen and oxygen atoms in total. The zero-order valence-corrected chi connectivity index (χ0v) is 10.6. The van der Waals surface area contributed by atoms with Gasteiger partial charge in [0, 0.05) is 12.1 Å². The molecule has 0 saturated carbocycles. The SMILES string of the molecule is CC1=NNC(=O)[C@@H]1CC(=O)N/N=C(/C)c1ccco1. The van der Waals surface area contributed by atoms with Crippen LogP contribution in [0.3, 0.4) is 0 Å². The van der Waals surface area contributed by atoms with Crippen molar-refractivity contribution < 1.29 is 14.0 Å². The summed E-state index contributed by atoms with van der Waals surface area (Å²) >= 11 is 0. The van der Waals surface area contributed by atoms with Gasteiger partial charge in [0.05, 0.1) is 12.2 Å². The number of amides is 2. The van der Waals surface area contributed by atoms with Crippen LogP contribution in [-0.4, -0.2) is 23.2 Å². The fourth-order valence-electron chi connectivity index (χ4n) is 1.65. The van der Waals surface area contributed by atoms with Gasteiger partial charge in [0.15, 0.2) is 0 Å². The Morgan fingerprint density at radius 1 is 1.63 bits per heavy atom. The summed E-state index contributed by atoms with van der Waals surface area (Å²) in [5.41, 5.74) is 5.88. The summed E-state index contributed by atoms with van der Waals surface area (Å²) < 4.78 is 5.13. The number of hydrogen-bond acceptors (Lipinski definition) is 5. The van der Waals surface area contributed by atoms with Crippen LogP contribution in [0, 0.1) is 5.92 Å². The molecule has 1 aliphatic heterocycles. The lowest BCUT2D eigenvalue weighted by atomic mass is 10.0. The highest BCUT2D eigenvalue weighted by molar-refractivity contribution is 6.09. The first-order valence-corrected chi connectivity index (χ1v) is 5.79. The Morgan fingerprint density at radius 2 is 2.42 bits per heavy atom. The molecule has 0 radical (unpaired) electrons. The fourth-order valence-corrected chi connectivity index (χ4v) is 1.65. The predicted octanol–water partition coefficient (Wildman–Crippen LogP) is 0.632. The van der Waals surface area contributed by atoms with Gasteiger partial charge in [0.2, 0.25) is 11.8 Å². The van der Waals surface area contributed by atoms with Crippen LogP contribution >= 0.6 is 0 Å². The van der Waals surface area contributed by atoms with Gasteiger partial charge in [-0.05, 0) is 26.0 Å². The summed E-state index contributed by atoms with van der Waals surface area (Å²) in [5.74, 6) is -0.544. The quantitative estimate of drug-likeness (QED) is 0.615. The average molecular weight is 262 g/mol. The second-order valence-corrected chi connectivity index (χ2v) is 4.20. The van der Waals surface area contributed by atoms with Gasteiger partial charge in [-0.3, -0.25) is 9.59 Å². The van der Waals surface area contributed by atoms with Crippen LogP contribution in [0.4, 0.5) is 0 Å². The van der Waals surface area contributed by atoms with Gasteiger partial charge in [0.25, 0.3) is 0 Å². The Hall–Kier alpha value is -2.44. The minimum atomic E-state index is -0.515. The zero-order chi connectivity index (χ0) is 13.8. The third-order valence-corrected chi connectivity index (χ3v) is 2.78. The Labute approximate surface area is 109 Å². The van der Waals surface area contributed by atoms with Crippen molar-refractivity contribution in [3.63, 3.8) is 0 Å². The summed E-state index contributed by atoms with van der Waals surface area (Å²) in [7, 11) is 0. The van der Waals surface area contributed by atoms with Crippen molar-refractivity contribution in [1.82, 2.24) is 10.9 Å². The number of furan rings is 1. The van der Waals surface area contributed by atoms with Gasteiger partial charge < -0.3 is 4.42 Å². The van der Waals surface area contributed by atoms with E-state index in [4.69, 9.17) is 4.42 Å². The van der Waals surface area contributed by atoms with Crippen molar-refractivity contribution in [2.45, 2.75) is 20.3 Å². The molecule has 0 spiro atoms. The van der Waals surface area contributed by atoms with Crippen molar-refractivity contribution >= 4 is 23.2 Å². The van der Waals surface area contributed by atoms with E-state index in [0.717, 1.165) is 0 Å². The first-order chi connectivity index (χ1) is 9.08. The lowest BCUT2D eigenvalue weighted by Gasteiger charge is -2.06. The van der Waals surface area contributed by atoms with E-state index in [-0.39, 0.29) is 18.2 Å². The average Bonchev–Trinajstić information content (AvgIpc) is 3.01. The molecule has 2 heterocycles. The second-order valence-electron chi connectivity index (χ2n) is 4.20. The van der Waals surface area contributed by atoms with Crippen molar-refractivity contribution in [1.29, 1.82) is 0 Å². The highest BCUT2D eigenvalue weighted by atomic mass is 16.3. The molecule has 1 atom stereocenters. The minimum Gasteiger partial charge on any atom is -0.463 e. The molecule has 0 aromatic carbocycles. The lowest BCUT2D eigenvalue weighted by Crippen LogP contribution is -2.29. The normalized spacial score (nSPS) is 19.1. The molecule has 0 fully saturated rings. The van der Waals surface area contributed by atoms with Crippen molar-refractivity contribution in [2.75, 3.05) is 0 Å². The van der Waals surface area contributed by atoms with Crippen LogP contribution in [0.1, 0.15) is 26.0 Å². The van der Waals surface area contributed by atoms with Crippen molar-refractivity contribution in [2.24, 2.45) is 16.1 Å². The standard InChI is InChI=1S/C12H14N4O3/c1-7-9(12(18)16-13-7)6-11(17)15-14-8(2)10-4-3-5-19-10/h3-5,9H,6H2,1-2H3,(H,15,17)(H,16,18)/b14-8-/t9-/m1/s1. The molecule has 2 amide bonds. The number of nitrogens with zero attached hydrogens (tertiary/aromatic N) is 2. The van der Waals surface area contributed by atoms with E-state index in [2.05, 4.69) is 21.1 Å². The zero-order valence-electron chi connectivity index (χ0n) is 10.6. The third-order valence-electron chi connectivity index (χ3n) is 2.78. The van der Waals surface area contributed by atoms with Crippen LogP contribution in [0.15, 0.2) is 33.0 Å². The predicted molar refractivity (Wildman–Crippen MR) is 68.4 cm³/mol. The van der Waals surface area contributed by atoms with Crippen LogP contribution in [-0.2, 0) is 9.59 Å². The van der Waals surface area contributed by atoms with Crippen molar-refractivity contribution in [3.8, 4) is 0 Å². The molecule has 100 valence electrons. The molecule has 1 aromatic heterocycles. The molecule has 7 heteroatoms. The van der Waals surface area contributed by atoms with Crippen LogP contribution < -0.4 is 10.9 Å². The first kappa shape index (κ1) is 13.0. The van der Waals surface area contributed by atoms with E-state index < -0.39 is 5.92 Å². The number of nitrogens with one attached hydrogen (secondary N) is 2. The highest BCUT2D eigenvalue weighted by Crippen LogP contribution is 2.11. The topological polar surface area (TPSA) is 96.1 Å². The molecule has 2 rings (SSSR count). The Kier molecular flexibility index (Phi) is 3.74. The van der Waals surface area contributed by atoms with E-state index in [1.165, 1.54) is 6.26 Å². The Balaban J connectivity index is 1.90. The maximum atomic E-state index is 11.7. The van der Waals surface area contributed by atoms with Gasteiger partial charge in [-0.2, -0.15) is 10.2 Å². The number of hydrazone groups is 2. The van der Waals surface area contributed by atoms with Gasteiger partial charge in [-0.1, -0.05) is 0 Å². The van der Waals surface area contributed by atoms with Crippen LogP contribution in [0.25, 0.3) is 0 Å².